The van der Waals surface area contributed by atoms with Crippen molar-refractivity contribution in [2.75, 3.05) is 7.05 Å². The monoisotopic (exact) mass is 189 g/mol. The van der Waals surface area contributed by atoms with Gasteiger partial charge in [-0.2, -0.15) is 0 Å². The number of fused-ring (bicyclic) bond motifs is 1. The van der Waals surface area contributed by atoms with Crippen LogP contribution in [0.5, 0.6) is 0 Å². The fourth-order valence-corrected chi connectivity index (χ4v) is 2.20. The Kier molecular flexibility index (Phi) is 2.15. The topological polar surface area (TPSA) is 3.24 Å². The Labute approximate surface area is 86.7 Å². The second-order valence-electron chi connectivity index (χ2n) is 5.06. The van der Waals surface area contributed by atoms with Crippen molar-refractivity contribution >= 4 is 0 Å². The third-order valence-corrected chi connectivity index (χ3v) is 3.56. The fourth-order valence-electron chi connectivity index (χ4n) is 2.20. The highest BCUT2D eigenvalue weighted by atomic mass is 15.2. The largest absolute Gasteiger partial charge is 0.297 e. The number of rotatable bonds is 0. The zero-order chi connectivity index (χ0) is 10.3. The molecule has 0 N–H and O–H groups in total. The summed E-state index contributed by atoms with van der Waals surface area (Å²) in [5, 5.41) is 0. The lowest BCUT2D eigenvalue weighted by atomic mass is 9.84. The summed E-state index contributed by atoms with van der Waals surface area (Å²) in [6, 6.07) is 6.65. The number of aryl methyl sites for hydroxylation is 1. The number of hydrogen-bond acceptors (Lipinski definition) is 1. The second kappa shape index (κ2) is 3.09. The van der Waals surface area contributed by atoms with Gasteiger partial charge in [0.15, 0.2) is 0 Å². The Morgan fingerprint density at radius 1 is 1.29 bits per heavy atom. The van der Waals surface area contributed by atoms with E-state index in [2.05, 4.69) is 50.9 Å². The molecule has 1 aromatic carbocycles. The van der Waals surface area contributed by atoms with E-state index in [-0.39, 0.29) is 0 Å². The van der Waals surface area contributed by atoms with E-state index in [1.165, 1.54) is 17.5 Å². The Morgan fingerprint density at radius 2 is 2.00 bits per heavy atom. The van der Waals surface area contributed by atoms with Gasteiger partial charge in [0, 0.05) is 12.1 Å². The molecule has 76 valence electrons. The average molecular weight is 189 g/mol. The smallest absolute Gasteiger partial charge is 0.0238 e. The van der Waals surface area contributed by atoms with Crippen molar-refractivity contribution in [3.63, 3.8) is 0 Å². The molecule has 14 heavy (non-hydrogen) atoms. The first-order valence-corrected chi connectivity index (χ1v) is 5.29. The summed E-state index contributed by atoms with van der Waals surface area (Å²) < 4.78 is 0. The molecule has 0 amide bonds. The molecule has 2 rings (SSSR count). The van der Waals surface area contributed by atoms with Crippen LogP contribution in [0, 0.1) is 6.92 Å². The summed E-state index contributed by atoms with van der Waals surface area (Å²) in [6.45, 7) is 7.95. The van der Waals surface area contributed by atoms with Crippen LogP contribution in [-0.4, -0.2) is 17.5 Å². The van der Waals surface area contributed by atoms with Crippen molar-refractivity contribution in [2.24, 2.45) is 0 Å². The van der Waals surface area contributed by atoms with Gasteiger partial charge >= 0.3 is 0 Å². The van der Waals surface area contributed by atoms with E-state index in [0.29, 0.717) is 5.54 Å². The van der Waals surface area contributed by atoms with Gasteiger partial charge in [0.1, 0.15) is 0 Å². The van der Waals surface area contributed by atoms with Gasteiger partial charge in [-0.15, -0.1) is 0 Å². The molecule has 0 bridgehead atoms. The lowest BCUT2D eigenvalue weighted by Gasteiger charge is -2.41. The maximum absolute atomic E-state index is 2.44. The van der Waals surface area contributed by atoms with E-state index in [4.69, 9.17) is 0 Å². The van der Waals surface area contributed by atoms with Crippen LogP contribution >= 0.6 is 0 Å². The van der Waals surface area contributed by atoms with Gasteiger partial charge in [0.2, 0.25) is 0 Å². The lowest BCUT2D eigenvalue weighted by molar-refractivity contribution is 0.133. The molecular weight excluding hydrogens is 170 g/mol. The third kappa shape index (κ3) is 1.46. The number of nitrogens with zero attached hydrogens (tertiary/aromatic N) is 1. The van der Waals surface area contributed by atoms with Gasteiger partial charge in [-0.3, -0.25) is 4.90 Å². The predicted octanol–water partition coefficient (Wildman–Crippen LogP) is 2.76. The summed E-state index contributed by atoms with van der Waals surface area (Å²) in [5.74, 6) is 0. The van der Waals surface area contributed by atoms with Crippen LogP contribution in [0.25, 0.3) is 0 Å². The van der Waals surface area contributed by atoms with E-state index >= 15 is 0 Å². The zero-order valence-electron chi connectivity index (χ0n) is 9.59. The summed E-state index contributed by atoms with van der Waals surface area (Å²) in [6.07, 6.45) is 1.17. The molecule has 0 fully saturated rings. The summed E-state index contributed by atoms with van der Waals surface area (Å²) in [5.41, 5.74) is 4.82. The Balaban J connectivity index is 2.46. The van der Waals surface area contributed by atoms with Crippen molar-refractivity contribution < 1.29 is 0 Å². The molecule has 0 spiro atoms. The first-order valence-electron chi connectivity index (χ1n) is 5.29. The molecule has 0 saturated carbocycles. The van der Waals surface area contributed by atoms with E-state index in [9.17, 15) is 0 Å². The highest BCUT2D eigenvalue weighted by Gasteiger charge is 2.30. The standard InChI is InChI=1S/C13H19N/c1-10-6-5-7-11-9-14(4)13(2,3)8-12(10)11/h5-7H,8-9H2,1-4H3. The van der Waals surface area contributed by atoms with E-state index in [1.54, 1.807) is 5.56 Å². The van der Waals surface area contributed by atoms with Crippen molar-refractivity contribution in [1.82, 2.24) is 4.90 Å². The molecule has 0 radical (unpaired) electrons. The molecule has 0 aromatic heterocycles. The van der Waals surface area contributed by atoms with Gasteiger partial charge < -0.3 is 0 Å². The molecule has 1 heteroatoms. The molecule has 1 nitrogen and oxygen atoms in total. The van der Waals surface area contributed by atoms with Crippen molar-refractivity contribution in [2.45, 2.75) is 39.3 Å². The molecule has 1 aromatic rings. The Bertz CT molecular complexity index is 352. The number of benzene rings is 1. The fraction of sp³-hybridized carbons (Fsp3) is 0.538. The van der Waals surface area contributed by atoms with E-state index < -0.39 is 0 Å². The number of hydrogen-bond donors (Lipinski definition) is 0. The highest BCUT2D eigenvalue weighted by molar-refractivity contribution is 5.37. The minimum Gasteiger partial charge on any atom is -0.297 e. The molecule has 0 unspecified atom stereocenters. The maximum Gasteiger partial charge on any atom is 0.0238 e. The summed E-state index contributed by atoms with van der Waals surface area (Å²) in [4.78, 5) is 2.44. The van der Waals surface area contributed by atoms with Gasteiger partial charge in [-0.05, 0) is 50.9 Å². The first-order chi connectivity index (χ1) is 6.50. The molecular formula is C13H19N. The predicted molar refractivity (Wildman–Crippen MR) is 60.4 cm³/mol. The van der Waals surface area contributed by atoms with Gasteiger partial charge in [0.05, 0.1) is 0 Å². The normalized spacial score (nSPS) is 20.6. The first kappa shape index (κ1) is 9.72. The van der Waals surface area contributed by atoms with Crippen LogP contribution in [0.2, 0.25) is 0 Å². The van der Waals surface area contributed by atoms with Crippen molar-refractivity contribution in [3.05, 3.63) is 34.9 Å². The minimum atomic E-state index is 0.305. The maximum atomic E-state index is 2.44. The average Bonchev–Trinajstić information content (AvgIpc) is 2.09. The van der Waals surface area contributed by atoms with Crippen LogP contribution in [0.1, 0.15) is 30.5 Å². The SMILES string of the molecule is Cc1cccc2c1CC(C)(C)N(C)C2. The lowest BCUT2D eigenvalue weighted by Crippen LogP contribution is -2.46. The zero-order valence-corrected chi connectivity index (χ0v) is 9.59. The number of likely N-dealkylation sites (N-methyl/N-ethyl adjacent to an activating group) is 1. The van der Waals surface area contributed by atoms with Crippen molar-refractivity contribution in [1.29, 1.82) is 0 Å². The molecule has 0 aliphatic carbocycles. The second-order valence-corrected chi connectivity index (χ2v) is 5.06. The van der Waals surface area contributed by atoms with Gasteiger partial charge in [-0.25, -0.2) is 0 Å². The molecule has 0 saturated heterocycles. The van der Waals surface area contributed by atoms with Crippen LogP contribution in [0.15, 0.2) is 18.2 Å². The van der Waals surface area contributed by atoms with Gasteiger partial charge in [-0.1, -0.05) is 18.2 Å². The molecule has 1 heterocycles. The highest BCUT2D eigenvalue weighted by Crippen LogP contribution is 2.30. The third-order valence-electron chi connectivity index (χ3n) is 3.56. The van der Waals surface area contributed by atoms with E-state index in [1.807, 2.05) is 0 Å². The van der Waals surface area contributed by atoms with Crippen LogP contribution in [0.3, 0.4) is 0 Å². The molecule has 1 aliphatic heterocycles. The van der Waals surface area contributed by atoms with Crippen LogP contribution in [-0.2, 0) is 13.0 Å². The summed E-state index contributed by atoms with van der Waals surface area (Å²) in [7, 11) is 2.21. The molecule has 1 aliphatic rings. The van der Waals surface area contributed by atoms with Crippen LogP contribution in [0.4, 0.5) is 0 Å². The Hall–Kier alpha value is -0.820. The quantitative estimate of drug-likeness (QED) is 0.606. The van der Waals surface area contributed by atoms with E-state index in [0.717, 1.165) is 6.54 Å². The summed E-state index contributed by atoms with van der Waals surface area (Å²) >= 11 is 0. The van der Waals surface area contributed by atoms with Crippen molar-refractivity contribution in [3.8, 4) is 0 Å². The Morgan fingerprint density at radius 3 is 2.71 bits per heavy atom. The molecule has 0 atom stereocenters. The van der Waals surface area contributed by atoms with Crippen LogP contribution < -0.4 is 0 Å². The minimum absolute atomic E-state index is 0.305. The van der Waals surface area contributed by atoms with Gasteiger partial charge in [0.25, 0.3) is 0 Å².